The van der Waals surface area contributed by atoms with Gasteiger partial charge in [-0.2, -0.15) is 4.31 Å². The van der Waals surface area contributed by atoms with Gasteiger partial charge in [0.25, 0.3) is 5.69 Å². The van der Waals surface area contributed by atoms with Crippen molar-refractivity contribution in [2.45, 2.75) is 44.6 Å². The largest absolute Gasteiger partial charge is 0.328 e. The molecule has 1 aromatic rings. The number of nitrogens with two attached hydrogens (primary N) is 1. The van der Waals surface area contributed by atoms with Crippen molar-refractivity contribution in [1.29, 1.82) is 0 Å². The number of aryl methyl sites for hydroxylation is 1. The summed E-state index contributed by atoms with van der Waals surface area (Å²) in [7, 11) is -3.73. The van der Waals surface area contributed by atoms with Gasteiger partial charge in [-0.3, -0.25) is 10.1 Å². The second kappa shape index (κ2) is 6.54. The monoisotopic (exact) mass is 341 g/mol. The van der Waals surface area contributed by atoms with E-state index >= 15 is 0 Å². The van der Waals surface area contributed by atoms with Crippen LogP contribution in [0.4, 0.5) is 5.69 Å². The minimum absolute atomic E-state index is 0.0310. The number of hydrogen-bond donors (Lipinski definition) is 1. The molecule has 8 heteroatoms. The molecule has 0 aromatic heterocycles. The molecule has 0 saturated carbocycles. The van der Waals surface area contributed by atoms with Crippen molar-refractivity contribution >= 4 is 15.7 Å². The Bertz CT molecular complexity index is 708. The summed E-state index contributed by atoms with van der Waals surface area (Å²) in [6.07, 6.45) is 1.42. The molecule has 7 nitrogen and oxygen atoms in total. The minimum atomic E-state index is -3.73. The van der Waals surface area contributed by atoms with Gasteiger partial charge in [-0.15, -0.1) is 0 Å². The van der Waals surface area contributed by atoms with E-state index in [4.69, 9.17) is 5.73 Å². The van der Waals surface area contributed by atoms with Crippen LogP contribution in [0.3, 0.4) is 0 Å². The fourth-order valence-corrected chi connectivity index (χ4v) is 4.75. The lowest BCUT2D eigenvalue weighted by Crippen LogP contribution is -2.42. The van der Waals surface area contributed by atoms with Gasteiger partial charge in [0, 0.05) is 31.3 Å². The lowest BCUT2D eigenvalue weighted by atomic mass is 9.92. The zero-order valence-electron chi connectivity index (χ0n) is 13.7. The lowest BCUT2D eigenvalue weighted by molar-refractivity contribution is -0.385. The number of nitro benzene ring substituents is 1. The smallest absolute Gasteiger partial charge is 0.271 e. The Hall–Kier alpha value is -1.51. The van der Waals surface area contributed by atoms with Crippen molar-refractivity contribution in [3.8, 4) is 0 Å². The predicted molar refractivity (Wildman–Crippen MR) is 87.7 cm³/mol. The second-order valence-corrected chi connectivity index (χ2v) is 8.15. The van der Waals surface area contributed by atoms with E-state index in [0.717, 1.165) is 6.07 Å². The number of nitrogens with zero attached hydrogens (tertiary/aromatic N) is 2. The Labute approximate surface area is 136 Å². The highest BCUT2D eigenvalue weighted by Gasteiger charge is 2.32. The molecule has 1 aromatic carbocycles. The van der Waals surface area contributed by atoms with E-state index in [0.29, 0.717) is 43.0 Å². The molecule has 0 radical (unpaired) electrons. The molecule has 23 heavy (non-hydrogen) atoms. The molecule has 128 valence electrons. The van der Waals surface area contributed by atoms with Crippen LogP contribution in [0.5, 0.6) is 0 Å². The summed E-state index contributed by atoms with van der Waals surface area (Å²) in [5.74, 6) is 0.314. The Morgan fingerprint density at radius 3 is 2.35 bits per heavy atom. The van der Waals surface area contributed by atoms with Crippen LogP contribution in [0.15, 0.2) is 17.0 Å². The highest BCUT2D eigenvalue weighted by Crippen LogP contribution is 2.30. The molecular weight excluding hydrogens is 318 g/mol. The summed E-state index contributed by atoms with van der Waals surface area (Å²) in [5, 5.41) is 11.0. The van der Waals surface area contributed by atoms with Gasteiger partial charge in [0.1, 0.15) is 0 Å². The second-order valence-electron chi connectivity index (χ2n) is 6.24. The molecule has 1 heterocycles. The highest BCUT2D eigenvalue weighted by atomic mass is 32.2. The fraction of sp³-hybridized carbons (Fsp3) is 0.600. The lowest BCUT2D eigenvalue weighted by Gasteiger charge is -2.33. The van der Waals surface area contributed by atoms with E-state index in [-0.39, 0.29) is 16.6 Å². The summed E-state index contributed by atoms with van der Waals surface area (Å²) in [6.45, 7) is 6.10. The molecule has 1 atom stereocenters. The van der Waals surface area contributed by atoms with Gasteiger partial charge < -0.3 is 5.73 Å². The first-order chi connectivity index (χ1) is 10.6. The van der Waals surface area contributed by atoms with Gasteiger partial charge in [-0.05, 0) is 50.7 Å². The Morgan fingerprint density at radius 1 is 1.30 bits per heavy atom. The van der Waals surface area contributed by atoms with Crippen LogP contribution in [0.1, 0.15) is 30.9 Å². The zero-order chi connectivity index (χ0) is 17.4. The van der Waals surface area contributed by atoms with Gasteiger partial charge in [-0.1, -0.05) is 0 Å². The topological polar surface area (TPSA) is 107 Å². The first-order valence-electron chi connectivity index (χ1n) is 7.66. The maximum atomic E-state index is 12.9. The summed E-state index contributed by atoms with van der Waals surface area (Å²) in [4.78, 5) is 10.5. The molecule has 1 unspecified atom stereocenters. The van der Waals surface area contributed by atoms with Crippen molar-refractivity contribution in [2.75, 3.05) is 13.1 Å². The third kappa shape index (κ3) is 3.54. The van der Waals surface area contributed by atoms with Crippen molar-refractivity contribution < 1.29 is 13.3 Å². The van der Waals surface area contributed by atoms with Crippen LogP contribution in [0, 0.1) is 29.9 Å². The van der Waals surface area contributed by atoms with Gasteiger partial charge >= 0.3 is 0 Å². The van der Waals surface area contributed by atoms with Crippen LogP contribution in [-0.4, -0.2) is 36.8 Å². The number of non-ortho nitro benzene ring substituents is 1. The third-order valence-corrected chi connectivity index (χ3v) is 6.70. The minimum Gasteiger partial charge on any atom is -0.328 e. The number of hydrogen-bond acceptors (Lipinski definition) is 5. The standard InChI is InChI=1S/C15H23N3O4S/c1-10-8-14(18(19)20)9-15(11(10)2)23(21,22)17-6-4-13(5-7-17)12(3)16/h8-9,12-13H,4-7,16H2,1-3H3. The number of rotatable bonds is 4. The van der Waals surface area contributed by atoms with Crippen LogP contribution >= 0.6 is 0 Å². The van der Waals surface area contributed by atoms with E-state index in [2.05, 4.69) is 0 Å². The zero-order valence-corrected chi connectivity index (χ0v) is 14.5. The molecule has 1 aliphatic heterocycles. The fourth-order valence-electron chi connectivity index (χ4n) is 2.96. The molecule has 0 spiro atoms. The maximum absolute atomic E-state index is 12.9. The number of piperidine rings is 1. The SMILES string of the molecule is Cc1cc([N+](=O)[O-])cc(S(=O)(=O)N2CCC(C(C)N)CC2)c1C. The van der Waals surface area contributed by atoms with Crippen molar-refractivity contribution in [3.05, 3.63) is 33.4 Å². The first kappa shape index (κ1) is 17.8. The maximum Gasteiger partial charge on any atom is 0.271 e. The summed E-state index contributed by atoms with van der Waals surface area (Å²) >= 11 is 0. The number of benzene rings is 1. The van der Waals surface area contributed by atoms with Crippen LogP contribution < -0.4 is 5.73 Å². The molecule has 1 saturated heterocycles. The van der Waals surface area contributed by atoms with Gasteiger partial charge in [-0.25, -0.2) is 8.42 Å². The Kier molecular flexibility index (Phi) is 5.07. The molecule has 0 bridgehead atoms. The molecular formula is C15H23N3O4S. The summed E-state index contributed by atoms with van der Waals surface area (Å²) in [5.41, 5.74) is 6.85. The van der Waals surface area contributed by atoms with E-state index in [1.807, 2.05) is 6.92 Å². The van der Waals surface area contributed by atoms with Gasteiger partial charge in [0.2, 0.25) is 10.0 Å². The van der Waals surface area contributed by atoms with Crippen molar-refractivity contribution in [1.82, 2.24) is 4.31 Å². The molecule has 1 aliphatic rings. The number of nitro groups is 1. The van der Waals surface area contributed by atoms with Crippen LogP contribution in [0.2, 0.25) is 0 Å². The molecule has 2 rings (SSSR count). The predicted octanol–water partition coefficient (Wildman–Crippen LogP) is 1.96. The molecule has 0 aliphatic carbocycles. The van der Waals surface area contributed by atoms with Crippen molar-refractivity contribution in [2.24, 2.45) is 11.7 Å². The first-order valence-corrected chi connectivity index (χ1v) is 9.10. The average Bonchev–Trinajstić information content (AvgIpc) is 2.49. The molecule has 0 amide bonds. The van der Waals surface area contributed by atoms with E-state index < -0.39 is 14.9 Å². The average molecular weight is 341 g/mol. The highest BCUT2D eigenvalue weighted by molar-refractivity contribution is 7.89. The third-order valence-electron chi connectivity index (χ3n) is 4.68. The van der Waals surface area contributed by atoms with E-state index in [1.54, 1.807) is 13.8 Å². The number of sulfonamides is 1. The summed E-state index contributed by atoms with van der Waals surface area (Å²) < 4.78 is 27.2. The van der Waals surface area contributed by atoms with E-state index in [1.165, 1.54) is 10.4 Å². The normalized spacial score (nSPS) is 18.8. The molecule has 1 fully saturated rings. The van der Waals surface area contributed by atoms with Crippen molar-refractivity contribution in [3.63, 3.8) is 0 Å². The van der Waals surface area contributed by atoms with Crippen LogP contribution in [0.25, 0.3) is 0 Å². The van der Waals surface area contributed by atoms with Gasteiger partial charge in [0.05, 0.1) is 9.82 Å². The summed E-state index contributed by atoms with van der Waals surface area (Å²) in [6, 6.07) is 2.60. The Balaban J connectivity index is 2.36. The van der Waals surface area contributed by atoms with Crippen LogP contribution in [-0.2, 0) is 10.0 Å². The van der Waals surface area contributed by atoms with E-state index in [9.17, 15) is 18.5 Å². The quantitative estimate of drug-likeness (QED) is 0.665. The molecule has 2 N–H and O–H groups in total. The Morgan fingerprint density at radius 2 is 1.87 bits per heavy atom. The van der Waals surface area contributed by atoms with Gasteiger partial charge in [0.15, 0.2) is 0 Å².